The lowest BCUT2D eigenvalue weighted by molar-refractivity contribution is 0.0117. The van der Waals surface area contributed by atoms with Gasteiger partial charge in [0.2, 0.25) is 0 Å². The highest BCUT2D eigenvalue weighted by atomic mass is 35.5. The maximum Gasteiger partial charge on any atom is 0.407 e. The van der Waals surface area contributed by atoms with E-state index in [1.165, 1.54) is 12.1 Å². The summed E-state index contributed by atoms with van der Waals surface area (Å²) in [5.74, 6) is -0.700. The molecule has 0 aromatic heterocycles. The number of aliphatic hydroxyl groups is 2. The molecular formula is C18H19ClFNO4. The van der Waals surface area contributed by atoms with Crippen molar-refractivity contribution in [2.75, 3.05) is 6.54 Å². The van der Waals surface area contributed by atoms with Crippen LogP contribution in [-0.4, -0.2) is 29.0 Å². The second-order valence-corrected chi connectivity index (χ2v) is 5.83. The zero-order valence-corrected chi connectivity index (χ0v) is 14.1. The molecule has 3 N–H and O–H groups in total. The van der Waals surface area contributed by atoms with Crippen molar-refractivity contribution in [1.82, 2.24) is 5.32 Å². The first-order valence-corrected chi connectivity index (χ1v) is 8.11. The third kappa shape index (κ3) is 5.70. The van der Waals surface area contributed by atoms with Crippen LogP contribution in [-0.2, 0) is 11.3 Å². The van der Waals surface area contributed by atoms with Gasteiger partial charge in [-0.1, -0.05) is 48.0 Å². The summed E-state index contributed by atoms with van der Waals surface area (Å²) in [6, 6.07) is 13.2. The highest BCUT2D eigenvalue weighted by Gasteiger charge is 2.24. The van der Waals surface area contributed by atoms with Crippen molar-refractivity contribution >= 4 is 17.7 Å². The molecule has 0 aliphatic carbocycles. The standard InChI is InChI=1S/C18H19ClFNO4/c19-13-7-4-8-14(20)16(13)17(23)15(22)9-10-21-18(24)25-11-12-5-2-1-3-6-12/h1-8,15,17,22-23H,9-11H2,(H,21,24). The molecule has 0 saturated heterocycles. The van der Waals surface area contributed by atoms with Gasteiger partial charge in [0.15, 0.2) is 0 Å². The molecule has 0 saturated carbocycles. The molecule has 2 rings (SSSR count). The molecule has 1 amide bonds. The molecule has 7 heteroatoms. The fourth-order valence-corrected chi connectivity index (χ4v) is 2.51. The fraction of sp³-hybridized carbons (Fsp3) is 0.278. The molecule has 0 radical (unpaired) electrons. The van der Waals surface area contributed by atoms with E-state index in [1.54, 1.807) is 0 Å². The van der Waals surface area contributed by atoms with Crippen LogP contribution in [0.2, 0.25) is 5.02 Å². The second-order valence-electron chi connectivity index (χ2n) is 5.42. The maximum atomic E-state index is 13.7. The summed E-state index contributed by atoms with van der Waals surface area (Å²) >= 11 is 5.85. The van der Waals surface area contributed by atoms with E-state index < -0.39 is 24.1 Å². The Balaban J connectivity index is 1.76. The van der Waals surface area contributed by atoms with Gasteiger partial charge in [0.25, 0.3) is 0 Å². The van der Waals surface area contributed by atoms with Gasteiger partial charge >= 0.3 is 6.09 Å². The number of aliphatic hydroxyl groups excluding tert-OH is 2. The Morgan fingerprint density at radius 3 is 2.56 bits per heavy atom. The van der Waals surface area contributed by atoms with Crippen LogP contribution >= 0.6 is 11.6 Å². The minimum absolute atomic E-state index is 0.00622. The van der Waals surface area contributed by atoms with Gasteiger partial charge in [0, 0.05) is 17.1 Å². The molecule has 0 spiro atoms. The summed E-state index contributed by atoms with van der Waals surface area (Å²) in [5.41, 5.74) is 0.686. The number of ether oxygens (including phenoxy) is 1. The van der Waals surface area contributed by atoms with Gasteiger partial charge in [-0.25, -0.2) is 9.18 Å². The molecule has 2 atom stereocenters. The van der Waals surface area contributed by atoms with Crippen LogP contribution in [0, 0.1) is 5.82 Å². The number of alkyl carbamates (subject to hydrolysis) is 1. The number of benzene rings is 2. The smallest absolute Gasteiger partial charge is 0.407 e. The molecular weight excluding hydrogens is 349 g/mol. The Morgan fingerprint density at radius 1 is 1.16 bits per heavy atom. The predicted molar refractivity (Wildman–Crippen MR) is 91.6 cm³/mol. The minimum Gasteiger partial charge on any atom is -0.445 e. The van der Waals surface area contributed by atoms with Gasteiger partial charge in [-0.3, -0.25) is 0 Å². The molecule has 2 unspecified atom stereocenters. The number of halogens is 2. The fourth-order valence-electron chi connectivity index (χ4n) is 2.24. The topological polar surface area (TPSA) is 78.8 Å². The third-order valence-electron chi connectivity index (χ3n) is 3.58. The summed E-state index contributed by atoms with van der Waals surface area (Å²) < 4.78 is 18.7. The van der Waals surface area contributed by atoms with E-state index in [1.807, 2.05) is 30.3 Å². The zero-order chi connectivity index (χ0) is 18.2. The summed E-state index contributed by atoms with van der Waals surface area (Å²) in [6.07, 6.45) is -3.42. The SMILES string of the molecule is O=C(NCCC(O)C(O)c1c(F)cccc1Cl)OCc1ccccc1. The Bertz CT molecular complexity index is 678. The molecule has 2 aromatic rings. The van der Waals surface area contributed by atoms with Crippen LogP contribution < -0.4 is 5.32 Å². The van der Waals surface area contributed by atoms with Gasteiger partial charge in [0.05, 0.1) is 6.10 Å². The molecule has 0 fully saturated rings. The van der Waals surface area contributed by atoms with Crippen LogP contribution in [0.4, 0.5) is 9.18 Å². The van der Waals surface area contributed by atoms with E-state index in [9.17, 15) is 19.4 Å². The number of nitrogens with one attached hydrogen (secondary N) is 1. The van der Waals surface area contributed by atoms with Crippen LogP contribution in [0.1, 0.15) is 23.7 Å². The number of carbonyl (C=O) groups is 1. The largest absolute Gasteiger partial charge is 0.445 e. The van der Waals surface area contributed by atoms with Gasteiger partial charge in [0.1, 0.15) is 18.5 Å². The summed E-state index contributed by atoms with van der Waals surface area (Å²) in [7, 11) is 0. The van der Waals surface area contributed by atoms with Crippen molar-refractivity contribution in [3.63, 3.8) is 0 Å². The van der Waals surface area contributed by atoms with Crippen LogP contribution in [0.15, 0.2) is 48.5 Å². The number of rotatable bonds is 7. The molecule has 5 nitrogen and oxygen atoms in total. The van der Waals surface area contributed by atoms with Crippen molar-refractivity contribution in [2.45, 2.75) is 25.2 Å². The highest BCUT2D eigenvalue weighted by Crippen LogP contribution is 2.28. The van der Waals surface area contributed by atoms with E-state index >= 15 is 0 Å². The quantitative estimate of drug-likeness (QED) is 0.702. The summed E-state index contributed by atoms with van der Waals surface area (Å²) in [4.78, 5) is 11.6. The van der Waals surface area contributed by atoms with Crippen molar-refractivity contribution in [2.24, 2.45) is 0 Å². The number of hydrogen-bond acceptors (Lipinski definition) is 4. The first-order valence-electron chi connectivity index (χ1n) is 7.73. The van der Waals surface area contributed by atoms with E-state index in [0.717, 1.165) is 11.6 Å². The Hall–Kier alpha value is -2.15. The number of hydrogen-bond donors (Lipinski definition) is 3. The normalized spacial score (nSPS) is 13.1. The predicted octanol–water partition coefficient (Wildman–Crippen LogP) is 3.19. The Labute approximate surface area is 150 Å². The van der Waals surface area contributed by atoms with E-state index in [2.05, 4.69) is 5.32 Å². The van der Waals surface area contributed by atoms with Crippen LogP contribution in [0.25, 0.3) is 0 Å². The lowest BCUT2D eigenvalue weighted by Crippen LogP contribution is -2.30. The molecule has 25 heavy (non-hydrogen) atoms. The minimum atomic E-state index is -1.49. The zero-order valence-electron chi connectivity index (χ0n) is 13.4. The molecule has 134 valence electrons. The molecule has 0 bridgehead atoms. The van der Waals surface area contributed by atoms with Crippen molar-refractivity contribution in [1.29, 1.82) is 0 Å². The van der Waals surface area contributed by atoms with Gasteiger partial charge in [-0.05, 0) is 24.1 Å². The third-order valence-corrected chi connectivity index (χ3v) is 3.91. The van der Waals surface area contributed by atoms with Gasteiger partial charge < -0.3 is 20.3 Å². The number of carbonyl (C=O) groups excluding carboxylic acids is 1. The first-order chi connectivity index (χ1) is 12.0. The van der Waals surface area contributed by atoms with Gasteiger partial charge in [-0.2, -0.15) is 0 Å². The van der Waals surface area contributed by atoms with E-state index in [-0.39, 0.29) is 30.2 Å². The van der Waals surface area contributed by atoms with Crippen LogP contribution in [0.3, 0.4) is 0 Å². The first kappa shape index (κ1) is 19.2. The summed E-state index contributed by atoms with van der Waals surface area (Å²) in [5, 5.41) is 22.5. The highest BCUT2D eigenvalue weighted by molar-refractivity contribution is 6.31. The Kier molecular flexibility index (Phi) is 7.18. The number of amides is 1. The Morgan fingerprint density at radius 2 is 1.88 bits per heavy atom. The van der Waals surface area contributed by atoms with E-state index in [0.29, 0.717) is 0 Å². The van der Waals surface area contributed by atoms with Crippen LogP contribution in [0.5, 0.6) is 0 Å². The van der Waals surface area contributed by atoms with E-state index in [4.69, 9.17) is 16.3 Å². The maximum absolute atomic E-state index is 13.7. The van der Waals surface area contributed by atoms with Crippen molar-refractivity contribution in [3.05, 3.63) is 70.5 Å². The molecule has 2 aromatic carbocycles. The molecule has 0 heterocycles. The monoisotopic (exact) mass is 367 g/mol. The average Bonchev–Trinajstić information content (AvgIpc) is 2.60. The molecule has 0 aliphatic rings. The van der Waals surface area contributed by atoms with Crippen molar-refractivity contribution in [3.8, 4) is 0 Å². The van der Waals surface area contributed by atoms with Gasteiger partial charge in [-0.15, -0.1) is 0 Å². The second kappa shape index (κ2) is 9.36. The lowest BCUT2D eigenvalue weighted by atomic mass is 10.0. The average molecular weight is 368 g/mol. The molecule has 0 aliphatic heterocycles. The van der Waals surface area contributed by atoms with Crippen molar-refractivity contribution < 1.29 is 24.1 Å². The summed E-state index contributed by atoms with van der Waals surface area (Å²) in [6.45, 7) is 0.181. The lowest BCUT2D eigenvalue weighted by Gasteiger charge is -2.19.